The summed E-state index contributed by atoms with van der Waals surface area (Å²) in [6.45, 7) is 1.27. The summed E-state index contributed by atoms with van der Waals surface area (Å²) in [5, 5.41) is 10.4. The van der Waals surface area contributed by atoms with E-state index in [0.29, 0.717) is 37.2 Å². The van der Waals surface area contributed by atoms with Crippen molar-refractivity contribution in [1.29, 1.82) is 0 Å². The van der Waals surface area contributed by atoms with Crippen LogP contribution in [0.3, 0.4) is 0 Å². The smallest absolute Gasteiger partial charge is 0.253 e. The van der Waals surface area contributed by atoms with Crippen molar-refractivity contribution in [2.75, 3.05) is 26.8 Å². The van der Waals surface area contributed by atoms with E-state index in [2.05, 4.69) is 0 Å². The molecule has 1 aliphatic rings. The highest BCUT2D eigenvalue weighted by atomic mass is 16.5. The van der Waals surface area contributed by atoms with Gasteiger partial charge in [-0.05, 0) is 24.3 Å². The zero-order chi connectivity index (χ0) is 15.5. The van der Waals surface area contributed by atoms with Gasteiger partial charge in [0.15, 0.2) is 0 Å². The van der Waals surface area contributed by atoms with E-state index in [1.54, 1.807) is 19.2 Å². The van der Waals surface area contributed by atoms with E-state index in [9.17, 15) is 14.7 Å². The first-order chi connectivity index (χ1) is 9.91. The van der Waals surface area contributed by atoms with Crippen molar-refractivity contribution >= 4 is 11.8 Å². The number of likely N-dealkylation sites (N-methyl/N-ethyl adjacent to an activating group) is 1. The molecule has 0 spiro atoms. The maximum atomic E-state index is 12.3. The minimum absolute atomic E-state index is 0.203. The van der Waals surface area contributed by atoms with Gasteiger partial charge in [0, 0.05) is 50.8 Å². The summed E-state index contributed by atoms with van der Waals surface area (Å²) in [7, 11) is 1.65. The lowest BCUT2D eigenvalue weighted by Gasteiger charge is -2.35. The molecule has 0 aliphatic carbocycles. The Morgan fingerprint density at radius 2 is 1.76 bits per heavy atom. The van der Waals surface area contributed by atoms with Crippen molar-refractivity contribution in [2.24, 2.45) is 5.73 Å². The molecule has 1 aromatic carbocycles. The standard InChI is InChI=1S/C15H20N2O4/c1-17(10-15(20)6-8-21-9-7-15)14(19)12-4-2-11(3-5-12)13(16)18/h2-5,20H,6-10H2,1H3,(H2,16,18). The molecule has 6 heteroatoms. The number of benzene rings is 1. The van der Waals surface area contributed by atoms with E-state index < -0.39 is 11.5 Å². The number of nitrogens with two attached hydrogens (primary N) is 1. The number of hydrogen-bond donors (Lipinski definition) is 2. The second kappa shape index (κ2) is 6.24. The van der Waals surface area contributed by atoms with Crippen molar-refractivity contribution in [3.05, 3.63) is 35.4 Å². The third kappa shape index (κ3) is 3.80. The fourth-order valence-electron chi connectivity index (χ4n) is 2.42. The molecule has 0 atom stereocenters. The van der Waals surface area contributed by atoms with Gasteiger partial charge in [0.1, 0.15) is 0 Å². The Balaban J connectivity index is 2.03. The first-order valence-electron chi connectivity index (χ1n) is 6.87. The molecule has 114 valence electrons. The number of ether oxygens (including phenoxy) is 1. The lowest BCUT2D eigenvalue weighted by molar-refractivity contribution is -0.0734. The van der Waals surface area contributed by atoms with Crippen LogP contribution in [0.25, 0.3) is 0 Å². The molecule has 0 aromatic heterocycles. The van der Waals surface area contributed by atoms with Gasteiger partial charge in [-0.1, -0.05) is 0 Å². The summed E-state index contributed by atoms with van der Waals surface area (Å²) in [5.74, 6) is -0.732. The summed E-state index contributed by atoms with van der Waals surface area (Å²) in [6.07, 6.45) is 1.04. The van der Waals surface area contributed by atoms with E-state index in [1.165, 1.54) is 17.0 Å². The topological polar surface area (TPSA) is 92.9 Å². The van der Waals surface area contributed by atoms with Crippen LogP contribution in [0.5, 0.6) is 0 Å². The molecule has 1 heterocycles. The highest BCUT2D eigenvalue weighted by molar-refractivity contribution is 5.97. The maximum Gasteiger partial charge on any atom is 0.253 e. The molecular weight excluding hydrogens is 272 g/mol. The van der Waals surface area contributed by atoms with E-state index in [-0.39, 0.29) is 12.5 Å². The van der Waals surface area contributed by atoms with E-state index >= 15 is 0 Å². The van der Waals surface area contributed by atoms with E-state index in [0.717, 1.165) is 0 Å². The van der Waals surface area contributed by atoms with Gasteiger partial charge in [0.05, 0.1) is 5.60 Å². The average molecular weight is 292 g/mol. The third-order valence-corrected chi connectivity index (χ3v) is 3.72. The van der Waals surface area contributed by atoms with Crippen LogP contribution in [-0.4, -0.2) is 54.2 Å². The molecule has 0 bridgehead atoms. The summed E-state index contributed by atoms with van der Waals surface area (Å²) >= 11 is 0. The molecule has 1 saturated heterocycles. The Labute approximate surface area is 123 Å². The number of hydrogen-bond acceptors (Lipinski definition) is 4. The van der Waals surface area contributed by atoms with Gasteiger partial charge in [-0.2, -0.15) is 0 Å². The lowest BCUT2D eigenvalue weighted by Crippen LogP contribution is -2.47. The number of aliphatic hydroxyl groups is 1. The molecule has 3 N–H and O–H groups in total. The van der Waals surface area contributed by atoms with Crippen molar-refractivity contribution in [3.8, 4) is 0 Å². The second-order valence-electron chi connectivity index (χ2n) is 5.44. The monoisotopic (exact) mass is 292 g/mol. The summed E-state index contributed by atoms with van der Waals surface area (Å²) in [5.41, 5.74) is 5.08. The van der Waals surface area contributed by atoms with Gasteiger partial charge >= 0.3 is 0 Å². The first-order valence-corrected chi connectivity index (χ1v) is 6.87. The number of rotatable bonds is 4. The molecular formula is C15H20N2O4. The zero-order valence-corrected chi connectivity index (χ0v) is 12.0. The van der Waals surface area contributed by atoms with Gasteiger partial charge in [-0.15, -0.1) is 0 Å². The van der Waals surface area contributed by atoms with Gasteiger partial charge in [-0.3, -0.25) is 9.59 Å². The molecule has 0 unspecified atom stereocenters. The summed E-state index contributed by atoms with van der Waals surface area (Å²) < 4.78 is 5.22. The number of primary amides is 1. The number of carbonyl (C=O) groups excluding carboxylic acids is 2. The maximum absolute atomic E-state index is 12.3. The Bertz CT molecular complexity index is 521. The molecule has 2 rings (SSSR count). The van der Waals surface area contributed by atoms with Crippen LogP contribution in [-0.2, 0) is 4.74 Å². The van der Waals surface area contributed by atoms with Gasteiger partial charge in [-0.25, -0.2) is 0 Å². The third-order valence-electron chi connectivity index (χ3n) is 3.72. The second-order valence-corrected chi connectivity index (χ2v) is 5.44. The average Bonchev–Trinajstić information content (AvgIpc) is 2.46. The number of nitrogens with zero attached hydrogens (tertiary/aromatic N) is 1. The van der Waals surface area contributed by atoms with Crippen LogP contribution in [0.2, 0.25) is 0 Å². The van der Waals surface area contributed by atoms with Crippen molar-refractivity contribution in [1.82, 2.24) is 4.90 Å². The van der Waals surface area contributed by atoms with Crippen LogP contribution in [0.4, 0.5) is 0 Å². The normalized spacial score (nSPS) is 17.2. The minimum atomic E-state index is -0.893. The summed E-state index contributed by atoms with van der Waals surface area (Å²) in [6, 6.07) is 6.17. The van der Waals surface area contributed by atoms with E-state index in [1.807, 2.05) is 0 Å². The minimum Gasteiger partial charge on any atom is -0.388 e. The number of carbonyl (C=O) groups is 2. The fraction of sp³-hybridized carbons (Fsp3) is 0.467. The molecule has 0 radical (unpaired) electrons. The molecule has 2 amide bonds. The van der Waals surface area contributed by atoms with E-state index in [4.69, 9.17) is 10.5 Å². The van der Waals surface area contributed by atoms with Gasteiger partial charge in [0.2, 0.25) is 5.91 Å². The predicted molar refractivity (Wildman–Crippen MR) is 76.9 cm³/mol. The first kappa shape index (κ1) is 15.5. The Morgan fingerprint density at radius 3 is 2.29 bits per heavy atom. The highest BCUT2D eigenvalue weighted by Gasteiger charge is 2.32. The highest BCUT2D eigenvalue weighted by Crippen LogP contribution is 2.22. The fourth-order valence-corrected chi connectivity index (χ4v) is 2.42. The van der Waals surface area contributed by atoms with Gasteiger partial charge < -0.3 is 20.5 Å². The largest absolute Gasteiger partial charge is 0.388 e. The SMILES string of the molecule is CN(CC1(O)CCOCC1)C(=O)c1ccc(C(N)=O)cc1. The Hall–Kier alpha value is -1.92. The van der Waals surface area contributed by atoms with Crippen LogP contribution in [0.1, 0.15) is 33.6 Å². The van der Waals surface area contributed by atoms with Crippen LogP contribution in [0, 0.1) is 0 Å². The molecule has 21 heavy (non-hydrogen) atoms. The molecule has 1 fully saturated rings. The van der Waals surface area contributed by atoms with Crippen LogP contribution < -0.4 is 5.73 Å². The Morgan fingerprint density at radius 1 is 1.24 bits per heavy atom. The Kier molecular flexibility index (Phi) is 4.59. The van der Waals surface area contributed by atoms with Crippen LogP contribution in [0.15, 0.2) is 24.3 Å². The van der Waals surface area contributed by atoms with Crippen molar-refractivity contribution in [2.45, 2.75) is 18.4 Å². The van der Waals surface area contributed by atoms with Crippen molar-refractivity contribution in [3.63, 3.8) is 0 Å². The molecule has 1 aromatic rings. The molecule has 6 nitrogen and oxygen atoms in total. The molecule has 1 aliphatic heterocycles. The zero-order valence-electron chi connectivity index (χ0n) is 12.0. The van der Waals surface area contributed by atoms with Gasteiger partial charge in [0.25, 0.3) is 5.91 Å². The molecule has 0 saturated carbocycles. The predicted octanol–water partition coefficient (Wildman–Crippen LogP) is 0.399. The quantitative estimate of drug-likeness (QED) is 0.840. The summed E-state index contributed by atoms with van der Waals surface area (Å²) in [4.78, 5) is 24.8. The van der Waals surface area contributed by atoms with Crippen molar-refractivity contribution < 1.29 is 19.4 Å². The number of amides is 2. The lowest BCUT2D eigenvalue weighted by atomic mass is 9.93. The van der Waals surface area contributed by atoms with Crippen LogP contribution >= 0.6 is 0 Å².